The highest BCUT2D eigenvalue weighted by Gasteiger charge is 2.29. The van der Waals surface area contributed by atoms with E-state index in [1.165, 1.54) is 0 Å². The van der Waals surface area contributed by atoms with Crippen LogP contribution in [0.3, 0.4) is 0 Å². The molecule has 0 aromatic carbocycles. The summed E-state index contributed by atoms with van der Waals surface area (Å²) in [5, 5.41) is 3.57. The van der Waals surface area contributed by atoms with Gasteiger partial charge in [0, 0.05) is 25.2 Å². The Morgan fingerprint density at radius 2 is 2.14 bits per heavy atom. The highest BCUT2D eigenvalue weighted by Crippen LogP contribution is 2.20. The van der Waals surface area contributed by atoms with Crippen molar-refractivity contribution in [3.63, 3.8) is 0 Å². The van der Waals surface area contributed by atoms with E-state index in [0.717, 1.165) is 6.42 Å². The van der Waals surface area contributed by atoms with Crippen molar-refractivity contribution in [2.45, 2.75) is 38.8 Å². The number of hydrogen-bond donors (Lipinski definition) is 1. The molecule has 1 atom stereocenters. The monoisotopic (exact) mass is 332 g/mol. The molecule has 0 radical (unpaired) electrons. The SMILES string of the molecule is CC(C)(C)OC(=O)N1CCC(Nc2cc(Cl)nc(Cl)n2)C1. The van der Waals surface area contributed by atoms with E-state index in [1.54, 1.807) is 11.0 Å². The molecule has 2 heterocycles. The zero-order valence-corrected chi connectivity index (χ0v) is 13.7. The Labute approximate surface area is 133 Å². The summed E-state index contributed by atoms with van der Waals surface area (Å²) in [4.78, 5) is 21.5. The van der Waals surface area contributed by atoms with Gasteiger partial charge < -0.3 is 15.0 Å². The summed E-state index contributed by atoms with van der Waals surface area (Å²) < 4.78 is 5.35. The topological polar surface area (TPSA) is 67.3 Å². The number of hydrogen-bond acceptors (Lipinski definition) is 5. The fraction of sp³-hybridized carbons (Fsp3) is 0.615. The van der Waals surface area contributed by atoms with Crippen LogP contribution >= 0.6 is 23.2 Å². The van der Waals surface area contributed by atoms with Crippen LogP contribution in [0.4, 0.5) is 10.6 Å². The summed E-state index contributed by atoms with van der Waals surface area (Å²) >= 11 is 11.6. The summed E-state index contributed by atoms with van der Waals surface area (Å²) in [7, 11) is 0. The number of carbonyl (C=O) groups excluding carboxylic acids is 1. The van der Waals surface area contributed by atoms with Crippen LogP contribution in [0.5, 0.6) is 0 Å². The van der Waals surface area contributed by atoms with Crippen LogP contribution in [-0.4, -0.2) is 45.7 Å². The molecule has 1 aliphatic heterocycles. The average Bonchev–Trinajstić information content (AvgIpc) is 2.73. The minimum absolute atomic E-state index is 0.0829. The van der Waals surface area contributed by atoms with Gasteiger partial charge in [-0.05, 0) is 38.8 Å². The molecule has 0 bridgehead atoms. The van der Waals surface area contributed by atoms with Crippen molar-refractivity contribution in [1.29, 1.82) is 0 Å². The Bertz CT molecular complexity index is 513. The number of amides is 1. The Morgan fingerprint density at radius 3 is 2.76 bits per heavy atom. The van der Waals surface area contributed by atoms with E-state index in [4.69, 9.17) is 27.9 Å². The molecule has 116 valence electrons. The molecule has 1 N–H and O–H groups in total. The standard InChI is InChI=1S/C13H18Cl2N4O2/c1-13(2,3)21-12(20)19-5-4-8(7-19)16-10-6-9(14)17-11(15)18-10/h6,8H,4-5,7H2,1-3H3,(H,16,17,18). The molecule has 6 nitrogen and oxygen atoms in total. The minimum atomic E-state index is -0.490. The number of anilines is 1. The normalized spacial score (nSPS) is 18.7. The largest absolute Gasteiger partial charge is 0.444 e. The van der Waals surface area contributed by atoms with Gasteiger partial charge in [-0.3, -0.25) is 0 Å². The van der Waals surface area contributed by atoms with Crippen molar-refractivity contribution < 1.29 is 9.53 Å². The number of rotatable bonds is 2. The van der Waals surface area contributed by atoms with E-state index >= 15 is 0 Å². The molecule has 1 amide bonds. The van der Waals surface area contributed by atoms with Crippen molar-refractivity contribution in [3.8, 4) is 0 Å². The first-order valence-electron chi connectivity index (χ1n) is 6.67. The van der Waals surface area contributed by atoms with Crippen molar-refractivity contribution in [3.05, 3.63) is 16.5 Å². The van der Waals surface area contributed by atoms with E-state index in [2.05, 4.69) is 15.3 Å². The summed E-state index contributed by atoms with van der Waals surface area (Å²) in [6, 6.07) is 1.68. The van der Waals surface area contributed by atoms with Crippen LogP contribution in [0, 0.1) is 0 Å². The van der Waals surface area contributed by atoms with Crippen LogP contribution in [0.1, 0.15) is 27.2 Å². The second-order valence-corrected chi connectivity index (χ2v) is 6.63. The van der Waals surface area contributed by atoms with Crippen molar-refractivity contribution in [1.82, 2.24) is 14.9 Å². The van der Waals surface area contributed by atoms with Crippen LogP contribution in [0.15, 0.2) is 6.07 Å². The highest BCUT2D eigenvalue weighted by molar-refractivity contribution is 6.32. The molecular weight excluding hydrogens is 315 g/mol. The molecule has 2 rings (SSSR count). The predicted octanol–water partition coefficient (Wildman–Crippen LogP) is 3.20. The molecule has 1 saturated heterocycles. The van der Waals surface area contributed by atoms with Crippen LogP contribution in [-0.2, 0) is 4.74 Å². The molecule has 0 saturated carbocycles. The quantitative estimate of drug-likeness (QED) is 0.665. The molecule has 1 aromatic heterocycles. The lowest BCUT2D eigenvalue weighted by Crippen LogP contribution is -2.36. The first-order valence-corrected chi connectivity index (χ1v) is 7.43. The van der Waals surface area contributed by atoms with Gasteiger partial charge in [0.25, 0.3) is 0 Å². The zero-order valence-electron chi connectivity index (χ0n) is 12.2. The van der Waals surface area contributed by atoms with E-state index in [0.29, 0.717) is 18.9 Å². The Hall–Kier alpha value is -1.27. The Kier molecular flexibility index (Phi) is 4.78. The van der Waals surface area contributed by atoms with Gasteiger partial charge in [0.2, 0.25) is 5.28 Å². The fourth-order valence-corrected chi connectivity index (χ4v) is 2.45. The van der Waals surface area contributed by atoms with Crippen molar-refractivity contribution in [2.75, 3.05) is 18.4 Å². The van der Waals surface area contributed by atoms with Crippen LogP contribution in [0.25, 0.3) is 0 Å². The maximum atomic E-state index is 12.0. The highest BCUT2D eigenvalue weighted by atomic mass is 35.5. The summed E-state index contributed by atoms with van der Waals surface area (Å²) in [5.41, 5.74) is -0.490. The van der Waals surface area contributed by atoms with E-state index in [9.17, 15) is 4.79 Å². The Balaban J connectivity index is 1.92. The molecule has 0 aliphatic carbocycles. The van der Waals surface area contributed by atoms with Gasteiger partial charge in [0.1, 0.15) is 16.6 Å². The second-order valence-electron chi connectivity index (χ2n) is 5.90. The van der Waals surface area contributed by atoms with E-state index < -0.39 is 5.60 Å². The van der Waals surface area contributed by atoms with Crippen molar-refractivity contribution in [2.24, 2.45) is 0 Å². The molecular formula is C13H18Cl2N4O2. The molecule has 21 heavy (non-hydrogen) atoms. The van der Waals surface area contributed by atoms with Gasteiger partial charge in [-0.2, -0.15) is 0 Å². The maximum absolute atomic E-state index is 12.0. The number of nitrogens with one attached hydrogen (secondary N) is 1. The van der Waals surface area contributed by atoms with Crippen molar-refractivity contribution >= 4 is 35.1 Å². The van der Waals surface area contributed by atoms with Gasteiger partial charge in [-0.15, -0.1) is 0 Å². The van der Waals surface area contributed by atoms with Gasteiger partial charge in [0.05, 0.1) is 0 Å². The first kappa shape index (κ1) is 16.1. The average molecular weight is 333 g/mol. The van der Waals surface area contributed by atoms with Crippen LogP contribution < -0.4 is 5.32 Å². The molecule has 1 aliphatic rings. The molecule has 1 aromatic rings. The van der Waals surface area contributed by atoms with Gasteiger partial charge in [0.15, 0.2) is 0 Å². The second kappa shape index (κ2) is 6.23. The molecule has 1 unspecified atom stereocenters. The van der Waals surface area contributed by atoms with Gasteiger partial charge in [-0.1, -0.05) is 11.6 Å². The lowest BCUT2D eigenvalue weighted by atomic mass is 10.2. The molecule has 1 fully saturated rings. The number of halogens is 2. The Morgan fingerprint density at radius 1 is 1.43 bits per heavy atom. The molecule has 0 spiro atoms. The zero-order chi connectivity index (χ0) is 15.6. The summed E-state index contributed by atoms with van der Waals surface area (Å²) in [6.45, 7) is 6.73. The van der Waals surface area contributed by atoms with Gasteiger partial charge in [-0.25, -0.2) is 14.8 Å². The minimum Gasteiger partial charge on any atom is -0.444 e. The summed E-state index contributed by atoms with van der Waals surface area (Å²) in [6.07, 6.45) is 0.504. The molecule has 8 heteroatoms. The maximum Gasteiger partial charge on any atom is 0.410 e. The fourth-order valence-electron chi connectivity index (χ4n) is 2.04. The number of carbonyl (C=O) groups is 1. The number of aromatic nitrogens is 2. The third kappa shape index (κ3) is 4.89. The van der Waals surface area contributed by atoms with Gasteiger partial charge >= 0.3 is 6.09 Å². The number of ether oxygens (including phenoxy) is 1. The first-order chi connectivity index (χ1) is 9.73. The summed E-state index contributed by atoms with van der Waals surface area (Å²) in [5.74, 6) is 0.552. The van der Waals surface area contributed by atoms with E-state index in [1.807, 2.05) is 20.8 Å². The lowest BCUT2D eigenvalue weighted by molar-refractivity contribution is 0.0293. The third-order valence-corrected chi connectivity index (χ3v) is 3.22. The van der Waals surface area contributed by atoms with E-state index in [-0.39, 0.29) is 22.6 Å². The third-order valence-electron chi connectivity index (χ3n) is 2.86. The number of likely N-dealkylation sites (tertiary alicyclic amines) is 1. The smallest absolute Gasteiger partial charge is 0.410 e. The lowest BCUT2D eigenvalue weighted by Gasteiger charge is -2.24. The number of nitrogens with zero attached hydrogens (tertiary/aromatic N) is 3. The van der Waals surface area contributed by atoms with Crippen LogP contribution in [0.2, 0.25) is 10.4 Å². The predicted molar refractivity (Wildman–Crippen MR) is 81.9 cm³/mol.